The Bertz CT molecular complexity index is 1380. The molecule has 3 rings (SSSR count). The Labute approximate surface area is 221 Å². The van der Waals surface area contributed by atoms with Crippen molar-refractivity contribution in [3.05, 3.63) is 89.5 Å². The Balaban J connectivity index is 1.69. The van der Waals surface area contributed by atoms with Crippen molar-refractivity contribution in [2.24, 2.45) is 5.10 Å². The van der Waals surface area contributed by atoms with E-state index in [9.17, 15) is 18.0 Å². The lowest BCUT2D eigenvalue weighted by molar-refractivity contribution is -0.121. The number of methoxy groups -OCH3 is 1. The third-order valence-electron chi connectivity index (χ3n) is 5.27. The van der Waals surface area contributed by atoms with Crippen LogP contribution >= 0.6 is 0 Å². The van der Waals surface area contributed by atoms with Crippen LogP contribution < -0.4 is 19.6 Å². The average molecular weight is 540 g/mol. The van der Waals surface area contributed by atoms with E-state index in [1.54, 1.807) is 61.5 Å². The van der Waals surface area contributed by atoms with Gasteiger partial charge >= 0.3 is 6.16 Å². The number of carbonyl (C=O) groups excluding carboxylic acids is 2. The minimum atomic E-state index is -3.88. The third kappa shape index (κ3) is 8.15. The topological polar surface area (TPSA) is 132 Å². The van der Waals surface area contributed by atoms with Crippen LogP contribution in [0.15, 0.2) is 82.8 Å². The molecule has 0 saturated carbocycles. The molecule has 3 aromatic rings. The van der Waals surface area contributed by atoms with Crippen molar-refractivity contribution in [1.29, 1.82) is 0 Å². The van der Waals surface area contributed by atoms with Gasteiger partial charge in [-0.25, -0.2) is 23.4 Å². The fraction of sp³-hybridized carbons (Fsp3) is 0.222. The molecule has 11 heteroatoms. The molecule has 38 heavy (non-hydrogen) atoms. The predicted molar refractivity (Wildman–Crippen MR) is 142 cm³/mol. The molecule has 1 amide bonds. The van der Waals surface area contributed by atoms with Gasteiger partial charge in [0, 0.05) is 6.42 Å². The zero-order chi connectivity index (χ0) is 27.5. The van der Waals surface area contributed by atoms with E-state index in [4.69, 9.17) is 14.2 Å². The molecule has 0 radical (unpaired) electrons. The largest absolute Gasteiger partial charge is 0.513 e. The molecule has 0 aliphatic carbocycles. The lowest BCUT2D eigenvalue weighted by Crippen LogP contribution is -2.32. The van der Waals surface area contributed by atoms with Crippen molar-refractivity contribution < 1.29 is 32.2 Å². The molecule has 2 N–H and O–H groups in total. The summed E-state index contributed by atoms with van der Waals surface area (Å²) in [5.74, 6) is -0.0716. The van der Waals surface area contributed by atoms with Gasteiger partial charge in [-0.2, -0.15) is 5.10 Å². The molecule has 3 aromatic carbocycles. The van der Waals surface area contributed by atoms with Gasteiger partial charge in [0.15, 0.2) is 11.5 Å². The van der Waals surface area contributed by atoms with Crippen molar-refractivity contribution in [2.75, 3.05) is 13.7 Å². The number of nitrogens with zero attached hydrogens (tertiary/aromatic N) is 1. The smallest absolute Gasteiger partial charge is 0.493 e. The van der Waals surface area contributed by atoms with Crippen molar-refractivity contribution in [1.82, 2.24) is 10.1 Å². The molecule has 0 aliphatic heterocycles. The molecule has 1 atom stereocenters. The number of hydrazone groups is 1. The van der Waals surface area contributed by atoms with Crippen molar-refractivity contribution in [2.45, 2.75) is 31.2 Å². The van der Waals surface area contributed by atoms with E-state index in [0.29, 0.717) is 11.1 Å². The normalized spacial score (nSPS) is 12.1. The number of aryl methyl sites for hydroxylation is 1. The van der Waals surface area contributed by atoms with Gasteiger partial charge in [-0.15, -0.1) is 0 Å². The van der Waals surface area contributed by atoms with Crippen LogP contribution in [-0.4, -0.2) is 40.4 Å². The molecule has 0 heterocycles. The number of ether oxygens (including phenoxy) is 3. The number of carbonyl (C=O) groups is 2. The molecule has 0 bridgehead atoms. The van der Waals surface area contributed by atoms with Gasteiger partial charge in [0.25, 0.3) is 0 Å². The minimum absolute atomic E-state index is 0.104. The summed E-state index contributed by atoms with van der Waals surface area (Å²) in [4.78, 5) is 24.4. The lowest BCUT2D eigenvalue weighted by atomic mass is 10.0. The standard InChI is InChI=1S/C27H29N3O7S/c1-4-36-27(32)37-24-15-12-20(16-25(24)35-3)18-28-29-26(31)17-23(21-8-6-5-7-9-21)30-38(33,34)22-13-10-19(2)11-14-22/h5-16,18,23,30H,4,17H2,1-3H3,(H,29,31)/b28-18-/t23-/m0/s1. The molecule has 0 saturated heterocycles. The van der Waals surface area contributed by atoms with Gasteiger partial charge in [0.2, 0.25) is 15.9 Å². The fourth-order valence-electron chi connectivity index (χ4n) is 3.38. The van der Waals surface area contributed by atoms with Crippen molar-refractivity contribution >= 4 is 28.3 Å². The van der Waals surface area contributed by atoms with Crippen LogP contribution in [-0.2, 0) is 19.6 Å². The van der Waals surface area contributed by atoms with Crippen LogP contribution in [0.5, 0.6) is 11.5 Å². The summed E-state index contributed by atoms with van der Waals surface area (Å²) < 4.78 is 43.6. The average Bonchev–Trinajstić information content (AvgIpc) is 2.90. The van der Waals surface area contributed by atoms with E-state index in [2.05, 4.69) is 15.2 Å². The summed E-state index contributed by atoms with van der Waals surface area (Å²) in [6, 6.07) is 19.1. The second-order valence-corrected chi connectivity index (χ2v) is 9.80. The van der Waals surface area contributed by atoms with Crippen LogP contribution in [0.1, 0.15) is 36.1 Å². The first-order valence-electron chi connectivity index (χ1n) is 11.7. The molecule has 0 aromatic heterocycles. The van der Waals surface area contributed by atoms with Crippen molar-refractivity contribution in [3.63, 3.8) is 0 Å². The van der Waals surface area contributed by atoms with Crippen LogP contribution in [0.2, 0.25) is 0 Å². The SMILES string of the molecule is CCOC(=O)Oc1ccc(/C=N\NC(=O)C[C@H](NS(=O)(=O)c2ccc(C)cc2)c2ccccc2)cc1OC. The highest BCUT2D eigenvalue weighted by molar-refractivity contribution is 7.89. The van der Waals surface area contributed by atoms with E-state index >= 15 is 0 Å². The first-order valence-corrected chi connectivity index (χ1v) is 13.2. The summed E-state index contributed by atoms with van der Waals surface area (Å²) in [6.07, 6.45) is 0.329. The Kier molecular flexibility index (Phi) is 9.97. The zero-order valence-corrected chi connectivity index (χ0v) is 22.0. The van der Waals surface area contributed by atoms with E-state index in [1.807, 2.05) is 6.92 Å². The number of hydrogen-bond donors (Lipinski definition) is 2. The maximum Gasteiger partial charge on any atom is 0.513 e. The molecule has 0 unspecified atom stereocenters. The first-order chi connectivity index (χ1) is 18.2. The predicted octanol–water partition coefficient (Wildman–Crippen LogP) is 4.10. The Morgan fingerprint density at radius 2 is 1.71 bits per heavy atom. The second-order valence-electron chi connectivity index (χ2n) is 8.09. The summed E-state index contributed by atoms with van der Waals surface area (Å²) >= 11 is 0. The maximum atomic E-state index is 13.0. The number of rotatable bonds is 11. The van der Waals surface area contributed by atoms with Gasteiger partial charge in [-0.1, -0.05) is 48.0 Å². The molecule has 0 fully saturated rings. The summed E-state index contributed by atoms with van der Waals surface area (Å²) in [6.45, 7) is 3.70. The molecule has 10 nitrogen and oxygen atoms in total. The highest BCUT2D eigenvalue weighted by Gasteiger charge is 2.23. The molecule has 200 valence electrons. The quantitative estimate of drug-likeness (QED) is 0.162. The number of nitrogens with one attached hydrogen (secondary N) is 2. The summed E-state index contributed by atoms with van der Waals surface area (Å²) in [7, 11) is -2.47. The van der Waals surface area contributed by atoms with Crippen molar-refractivity contribution in [3.8, 4) is 11.5 Å². The monoisotopic (exact) mass is 539 g/mol. The van der Waals surface area contributed by atoms with Gasteiger partial charge in [-0.05, 0) is 55.3 Å². The Morgan fingerprint density at radius 3 is 2.37 bits per heavy atom. The lowest BCUT2D eigenvalue weighted by Gasteiger charge is -2.18. The van der Waals surface area contributed by atoms with E-state index < -0.39 is 28.1 Å². The molecular weight excluding hydrogens is 510 g/mol. The Morgan fingerprint density at radius 1 is 1.00 bits per heavy atom. The number of benzene rings is 3. The number of hydrogen-bond acceptors (Lipinski definition) is 8. The van der Waals surface area contributed by atoms with Gasteiger partial charge in [0.05, 0.1) is 30.9 Å². The highest BCUT2D eigenvalue weighted by Crippen LogP contribution is 2.28. The minimum Gasteiger partial charge on any atom is -0.493 e. The molecular formula is C27H29N3O7S. The number of sulfonamides is 1. The van der Waals surface area contributed by atoms with Crippen LogP contribution in [0.3, 0.4) is 0 Å². The molecule has 0 spiro atoms. The van der Waals surface area contributed by atoms with Crippen LogP contribution in [0.4, 0.5) is 4.79 Å². The maximum absolute atomic E-state index is 13.0. The Hall–Kier alpha value is -4.22. The van der Waals surface area contributed by atoms with E-state index in [0.717, 1.165) is 5.56 Å². The molecule has 0 aliphatic rings. The van der Waals surface area contributed by atoms with Gasteiger partial charge in [0.1, 0.15) is 0 Å². The van der Waals surface area contributed by atoms with E-state index in [1.165, 1.54) is 31.5 Å². The van der Waals surface area contributed by atoms with Crippen LogP contribution in [0.25, 0.3) is 0 Å². The summed E-state index contributed by atoms with van der Waals surface area (Å²) in [5.41, 5.74) is 4.53. The second kappa shape index (κ2) is 13.4. The first kappa shape index (κ1) is 28.4. The zero-order valence-electron chi connectivity index (χ0n) is 21.2. The summed E-state index contributed by atoms with van der Waals surface area (Å²) in [5, 5.41) is 3.96. The van der Waals surface area contributed by atoms with Crippen LogP contribution in [0, 0.1) is 6.92 Å². The highest BCUT2D eigenvalue weighted by atomic mass is 32.2. The van der Waals surface area contributed by atoms with E-state index in [-0.39, 0.29) is 29.4 Å². The third-order valence-corrected chi connectivity index (χ3v) is 6.75. The van der Waals surface area contributed by atoms with Gasteiger partial charge < -0.3 is 14.2 Å². The van der Waals surface area contributed by atoms with Gasteiger partial charge in [-0.3, -0.25) is 4.79 Å². The number of amides is 1. The fourth-order valence-corrected chi connectivity index (χ4v) is 4.61.